The van der Waals surface area contributed by atoms with Crippen molar-refractivity contribution in [3.63, 3.8) is 0 Å². The van der Waals surface area contributed by atoms with E-state index in [1.54, 1.807) is 0 Å². The van der Waals surface area contributed by atoms with Gasteiger partial charge in [-0.25, -0.2) is 0 Å². The van der Waals surface area contributed by atoms with E-state index >= 15 is 0 Å². The lowest BCUT2D eigenvalue weighted by atomic mass is 10.2. The van der Waals surface area contributed by atoms with Gasteiger partial charge >= 0.3 is 0 Å². The Morgan fingerprint density at radius 1 is 1.39 bits per heavy atom. The molecule has 2 rings (SSSR count). The van der Waals surface area contributed by atoms with Gasteiger partial charge in [0.25, 0.3) is 0 Å². The maximum Gasteiger partial charge on any atom is 0.234 e. The molecular weight excluding hydrogens is 298 g/mol. The summed E-state index contributed by atoms with van der Waals surface area (Å²) in [5.74, 6) is 1.52. The first kappa shape index (κ1) is 13.2. The van der Waals surface area contributed by atoms with E-state index in [0.717, 1.165) is 23.5 Å². The molecule has 1 aliphatic heterocycles. The highest BCUT2D eigenvalue weighted by atomic mass is 79.9. The molecule has 4 nitrogen and oxygen atoms in total. The molecule has 1 N–H and O–H groups in total. The van der Waals surface area contributed by atoms with E-state index in [9.17, 15) is 4.79 Å². The van der Waals surface area contributed by atoms with Crippen LogP contribution in [0.3, 0.4) is 0 Å². The number of hydrogen-bond acceptors (Lipinski definition) is 3. The Hall–Kier alpha value is -1.23. The van der Waals surface area contributed by atoms with Gasteiger partial charge in [0.2, 0.25) is 5.91 Å². The highest BCUT2D eigenvalue weighted by molar-refractivity contribution is 9.10. The van der Waals surface area contributed by atoms with Gasteiger partial charge in [0.05, 0.1) is 4.83 Å². The molecule has 98 valence electrons. The van der Waals surface area contributed by atoms with E-state index < -0.39 is 0 Å². The van der Waals surface area contributed by atoms with E-state index in [-0.39, 0.29) is 10.7 Å². The van der Waals surface area contributed by atoms with E-state index in [0.29, 0.717) is 19.8 Å². The molecule has 1 unspecified atom stereocenters. The lowest BCUT2D eigenvalue weighted by Crippen LogP contribution is -2.30. The van der Waals surface area contributed by atoms with Crippen molar-refractivity contribution in [3.8, 4) is 11.5 Å². The second-order valence-electron chi connectivity index (χ2n) is 4.07. The van der Waals surface area contributed by atoms with Crippen molar-refractivity contribution in [1.29, 1.82) is 0 Å². The number of rotatable bonds is 4. The summed E-state index contributed by atoms with van der Waals surface area (Å²) >= 11 is 3.32. The van der Waals surface area contributed by atoms with Crippen molar-refractivity contribution in [2.24, 2.45) is 0 Å². The number of hydrogen-bond donors (Lipinski definition) is 1. The summed E-state index contributed by atoms with van der Waals surface area (Å²) in [5.41, 5.74) is 1.00. The van der Waals surface area contributed by atoms with Gasteiger partial charge in [-0.05, 0) is 24.1 Å². The summed E-state index contributed by atoms with van der Waals surface area (Å²) in [6.07, 6.45) is 0.771. The van der Waals surface area contributed by atoms with Crippen molar-refractivity contribution in [2.45, 2.75) is 24.7 Å². The molecule has 0 fully saturated rings. The summed E-state index contributed by atoms with van der Waals surface area (Å²) in [4.78, 5) is 11.5. The highest BCUT2D eigenvalue weighted by Crippen LogP contribution is 2.30. The largest absolute Gasteiger partial charge is 0.486 e. The Kier molecular flexibility index (Phi) is 4.47. The van der Waals surface area contributed by atoms with Crippen LogP contribution in [0.15, 0.2) is 18.2 Å². The molecule has 1 aliphatic rings. The van der Waals surface area contributed by atoms with Crippen LogP contribution in [0, 0.1) is 0 Å². The number of carbonyl (C=O) groups excluding carboxylic acids is 1. The van der Waals surface area contributed by atoms with Crippen LogP contribution in [0.4, 0.5) is 0 Å². The summed E-state index contributed by atoms with van der Waals surface area (Å²) in [5, 5.41) is 2.87. The Bertz CT molecular complexity index is 436. The molecule has 1 heterocycles. The smallest absolute Gasteiger partial charge is 0.234 e. The molecule has 0 bridgehead atoms. The van der Waals surface area contributed by atoms with E-state index in [1.165, 1.54) is 0 Å². The van der Waals surface area contributed by atoms with E-state index in [1.807, 2.05) is 25.1 Å². The van der Waals surface area contributed by atoms with Crippen molar-refractivity contribution in [3.05, 3.63) is 23.8 Å². The minimum absolute atomic E-state index is 0.00684. The standard InChI is InChI=1S/C13H16BrNO3/c1-2-10(14)13(16)15-8-9-3-4-11-12(7-9)18-6-5-17-11/h3-4,7,10H,2,5-6,8H2,1H3,(H,15,16). The molecule has 0 saturated carbocycles. The fraction of sp³-hybridized carbons (Fsp3) is 0.462. The molecule has 1 aromatic rings. The SMILES string of the molecule is CCC(Br)C(=O)NCc1ccc2c(c1)OCCO2. The fourth-order valence-corrected chi connectivity index (χ4v) is 1.84. The van der Waals surface area contributed by atoms with Gasteiger partial charge in [0.15, 0.2) is 11.5 Å². The van der Waals surface area contributed by atoms with Crippen LogP contribution in [0.2, 0.25) is 0 Å². The Labute approximate surface area is 115 Å². The number of halogens is 1. The molecule has 0 spiro atoms. The highest BCUT2D eigenvalue weighted by Gasteiger charge is 2.14. The average molecular weight is 314 g/mol. The molecule has 0 aliphatic carbocycles. The lowest BCUT2D eigenvalue weighted by Gasteiger charge is -2.19. The van der Waals surface area contributed by atoms with Gasteiger partial charge < -0.3 is 14.8 Å². The number of fused-ring (bicyclic) bond motifs is 1. The van der Waals surface area contributed by atoms with Crippen LogP contribution in [-0.2, 0) is 11.3 Å². The van der Waals surface area contributed by atoms with Crippen LogP contribution in [-0.4, -0.2) is 23.9 Å². The van der Waals surface area contributed by atoms with Crippen LogP contribution in [0.5, 0.6) is 11.5 Å². The zero-order valence-corrected chi connectivity index (χ0v) is 11.8. The third-order valence-corrected chi connectivity index (χ3v) is 3.78. The van der Waals surface area contributed by atoms with Crippen molar-refractivity contribution < 1.29 is 14.3 Å². The predicted octanol–water partition coefficient (Wildman–Crippen LogP) is 2.25. The van der Waals surface area contributed by atoms with Gasteiger partial charge in [0, 0.05) is 6.54 Å². The van der Waals surface area contributed by atoms with Crippen LogP contribution in [0.1, 0.15) is 18.9 Å². The first-order valence-electron chi connectivity index (χ1n) is 6.01. The Morgan fingerprint density at radius 3 is 2.83 bits per heavy atom. The van der Waals surface area contributed by atoms with Crippen molar-refractivity contribution >= 4 is 21.8 Å². The Morgan fingerprint density at radius 2 is 2.11 bits per heavy atom. The van der Waals surface area contributed by atoms with Gasteiger partial charge in [-0.2, -0.15) is 0 Å². The molecule has 1 aromatic carbocycles. The number of ether oxygens (including phenoxy) is 2. The zero-order valence-electron chi connectivity index (χ0n) is 10.2. The third kappa shape index (κ3) is 3.16. The molecule has 18 heavy (non-hydrogen) atoms. The maximum absolute atomic E-state index is 11.6. The minimum Gasteiger partial charge on any atom is -0.486 e. The molecule has 0 aromatic heterocycles. The van der Waals surface area contributed by atoms with E-state index in [2.05, 4.69) is 21.2 Å². The maximum atomic E-state index is 11.6. The van der Waals surface area contributed by atoms with Crippen LogP contribution < -0.4 is 14.8 Å². The van der Waals surface area contributed by atoms with Crippen molar-refractivity contribution in [1.82, 2.24) is 5.32 Å². The molecule has 5 heteroatoms. The fourth-order valence-electron chi connectivity index (χ4n) is 1.68. The first-order valence-corrected chi connectivity index (χ1v) is 6.92. The summed E-state index contributed by atoms with van der Waals surface area (Å²) in [7, 11) is 0. The van der Waals surface area contributed by atoms with Gasteiger partial charge in [-0.15, -0.1) is 0 Å². The molecule has 0 radical (unpaired) electrons. The number of nitrogens with one attached hydrogen (secondary N) is 1. The molecule has 0 saturated heterocycles. The lowest BCUT2D eigenvalue weighted by molar-refractivity contribution is -0.120. The predicted molar refractivity (Wildman–Crippen MR) is 72.3 cm³/mol. The normalized spacial score (nSPS) is 15.0. The number of carbonyl (C=O) groups is 1. The molecule has 1 amide bonds. The number of alkyl halides is 1. The molecular formula is C13H16BrNO3. The van der Waals surface area contributed by atoms with Gasteiger partial charge in [-0.1, -0.05) is 28.9 Å². The summed E-state index contributed by atoms with van der Waals surface area (Å²) in [6.45, 7) is 3.62. The van der Waals surface area contributed by atoms with E-state index in [4.69, 9.17) is 9.47 Å². The number of amides is 1. The number of benzene rings is 1. The topological polar surface area (TPSA) is 47.6 Å². The minimum atomic E-state index is -0.130. The van der Waals surface area contributed by atoms with Crippen molar-refractivity contribution in [2.75, 3.05) is 13.2 Å². The average Bonchev–Trinajstić information content (AvgIpc) is 2.43. The third-order valence-electron chi connectivity index (χ3n) is 2.72. The van der Waals surface area contributed by atoms with Crippen LogP contribution in [0.25, 0.3) is 0 Å². The Balaban J connectivity index is 1.96. The van der Waals surface area contributed by atoms with Gasteiger partial charge in [-0.3, -0.25) is 4.79 Å². The quantitative estimate of drug-likeness (QED) is 0.867. The summed E-state index contributed by atoms with van der Waals surface area (Å²) in [6, 6.07) is 5.72. The zero-order chi connectivity index (χ0) is 13.0. The molecule has 1 atom stereocenters. The van der Waals surface area contributed by atoms with Gasteiger partial charge in [0.1, 0.15) is 13.2 Å². The first-order chi connectivity index (χ1) is 8.70. The second kappa shape index (κ2) is 6.09. The monoisotopic (exact) mass is 313 g/mol. The second-order valence-corrected chi connectivity index (χ2v) is 5.18. The van der Waals surface area contributed by atoms with Crippen LogP contribution >= 0.6 is 15.9 Å². The summed E-state index contributed by atoms with van der Waals surface area (Å²) < 4.78 is 10.9.